The normalized spacial score (nSPS) is 10.4. The molecule has 0 spiro atoms. The average molecular weight is 242 g/mol. The molecule has 16 heavy (non-hydrogen) atoms. The van der Waals surface area contributed by atoms with Crippen molar-refractivity contribution >= 4 is 17.4 Å². The average Bonchev–Trinajstić information content (AvgIpc) is 2.66. The second-order valence-electron chi connectivity index (χ2n) is 3.13. The van der Waals surface area contributed by atoms with E-state index in [-0.39, 0.29) is 11.8 Å². The minimum atomic E-state index is -0.475. The first-order chi connectivity index (χ1) is 7.65. The SMILES string of the molecule is Nc1ccn(COc2ccc(F)c(Cl)c2)n1. The molecular weight excluding hydrogens is 233 g/mol. The van der Waals surface area contributed by atoms with Crippen LogP contribution in [0.3, 0.4) is 0 Å². The van der Waals surface area contributed by atoms with Crippen molar-refractivity contribution in [3.8, 4) is 5.75 Å². The van der Waals surface area contributed by atoms with Gasteiger partial charge in [0.15, 0.2) is 6.73 Å². The van der Waals surface area contributed by atoms with Crippen LogP contribution >= 0.6 is 11.6 Å². The van der Waals surface area contributed by atoms with Gasteiger partial charge in [-0.2, -0.15) is 5.10 Å². The number of halogens is 2. The highest BCUT2D eigenvalue weighted by Gasteiger charge is 2.02. The summed E-state index contributed by atoms with van der Waals surface area (Å²) < 4.78 is 19.7. The Morgan fingerprint density at radius 1 is 1.44 bits per heavy atom. The van der Waals surface area contributed by atoms with Crippen molar-refractivity contribution < 1.29 is 9.13 Å². The summed E-state index contributed by atoms with van der Waals surface area (Å²) in [5.74, 6) is 0.415. The van der Waals surface area contributed by atoms with E-state index < -0.39 is 5.82 Å². The molecule has 2 aromatic rings. The third kappa shape index (κ3) is 2.43. The smallest absolute Gasteiger partial charge is 0.180 e. The van der Waals surface area contributed by atoms with Gasteiger partial charge in [-0.05, 0) is 12.1 Å². The van der Waals surface area contributed by atoms with Crippen molar-refractivity contribution in [1.29, 1.82) is 0 Å². The Labute approximate surface area is 96.4 Å². The summed E-state index contributed by atoms with van der Waals surface area (Å²) in [5, 5.41) is 3.95. The van der Waals surface area contributed by atoms with Gasteiger partial charge >= 0.3 is 0 Å². The topological polar surface area (TPSA) is 53.1 Å². The number of benzene rings is 1. The van der Waals surface area contributed by atoms with Gasteiger partial charge in [-0.15, -0.1) is 0 Å². The number of aromatic nitrogens is 2. The zero-order valence-corrected chi connectivity index (χ0v) is 8.99. The van der Waals surface area contributed by atoms with Crippen molar-refractivity contribution in [3.63, 3.8) is 0 Å². The minimum absolute atomic E-state index is 0.0254. The summed E-state index contributed by atoms with van der Waals surface area (Å²) >= 11 is 5.60. The van der Waals surface area contributed by atoms with Gasteiger partial charge in [0.2, 0.25) is 0 Å². The highest BCUT2D eigenvalue weighted by Crippen LogP contribution is 2.21. The van der Waals surface area contributed by atoms with Crippen LogP contribution in [0.15, 0.2) is 30.5 Å². The van der Waals surface area contributed by atoms with E-state index in [4.69, 9.17) is 22.1 Å². The molecule has 1 aromatic carbocycles. The summed E-state index contributed by atoms with van der Waals surface area (Å²) in [7, 11) is 0. The molecule has 6 heteroatoms. The van der Waals surface area contributed by atoms with Gasteiger partial charge in [-0.3, -0.25) is 0 Å². The molecule has 0 unspecified atom stereocenters. The van der Waals surface area contributed by atoms with E-state index in [1.165, 1.54) is 22.9 Å². The number of hydrogen-bond acceptors (Lipinski definition) is 3. The molecule has 4 nitrogen and oxygen atoms in total. The summed E-state index contributed by atoms with van der Waals surface area (Å²) in [5.41, 5.74) is 5.43. The second kappa shape index (κ2) is 4.40. The third-order valence-corrected chi connectivity index (χ3v) is 2.21. The molecule has 0 radical (unpaired) electrons. The zero-order chi connectivity index (χ0) is 11.5. The van der Waals surface area contributed by atoms with Gasteiger partial charge in [0.05, 0.1) is 5.02 Å². The van der Waals surface area contributed by atoms with Gasteiger partial charge in [-0.1, -0.05) is 11.6 Å². The maximum atomic E-state index is 12.8. The fourth-order valence-corrected chi connectivity index (χ4v) is 1.33. The summed E-state index contributed by atoms with van der Waals surface area (Å²) in [4.78, 5) is 0. The zero-order valence-electron chi connectivity index (χ0n) is 8.23. The van der Waals surface area contributed by atoms with E-state index >= 15 is 0 Å². The fraction of sp³-hybridized carbons (Fsp3) is 0.100. The van der Waals surface area contributed by atoms with E-state index in [1.54, 1.807) is 12.3 Å². The standard InChI is InChI=1S/C10H9ClFN3O/c11-8-5-7(1-2-9(8)12)16-6-15-4-3-10(13)14-15/h1-5H,6H2,(H2,13,14). The van der Waals surface area contributed by atoms with Gasteiger partial charge in [0, 0.05) is 18.3 Å². The molecule has 0 aliphatic carbocycles. The largest absolute Gasteiger partial charge is 0.471 e. The number of ether oxygens (including phenoxy) is 1. The van der Waals surface area contributed by atoms with Gasteiger partial charge in [-0.25, -0.2) is 9.07 Å². The van der Waals surface area contributed by atoms with Crippen LogP contribution in [0.5, 0.6) is 5.75 Å². The van der Waals surface area contributed by atoms with Crippen LogP contribution in [0.1, 0.15) is 0 Å². The van der Waals surface area contributed by atoms with E-state index in [0.29, 0.717) is 11.6 Å². The van der Waals surface area contributed by atoms with Crippen LogP contribution in [0.2, 0.25) is 5.02 Å². The van der Waals surface area contributed by atoms with Gasteiger partial charge in [0.1, 0.15) is 17.4 Å². The summed E-state index contributed by atoms with van der Waals surface area (Å²) in [6.45, 7) is 0.194. The highest BCUT2D eigenvalue weighted by atomic mass is 35.5. The Hall–Kier alpha value is -1.75. The Kier molecular flexibility index (Phi) is 2.96. The molecule has 0 atom stereocenters. The predicted octanol–water partition coefficient (Wildman–Crippen LogP) is 2.29. The maximum Gasteiger partial charge on any atom is 0.180 e. The van der Waals surface area contributed by atoms with Crippen molar-refractivity contribution in [2.75, 3.05) is 5.73 Å². The summed E-state index contributed by atoms with van der Waals surface area (Å²) in [6, 6.07) is 5.80. The Morgan fingerprint density at radius 3 is 2.88 bits per heavy atom. The van der Waals surface area contributed by atoms with Crippen LogP contribution in [0.4, 0.5) is 10.2 Å². The monoisotopic (exact) mass is 241 g/mol. The van der Waals surface area contributed by atoms with E-state index in [0.717, 1.165) is 0 Å². The third-order valence-electron chi connectivity index (χ3n) is 1.92. The lowest BCUT2D eigenvalue weighted by Crippen LogP contribution is -2.06. The lowest BCUT2D eigenvalue weighted by Gasteiger charge is -2.06. The molecule has 0 aliphatic rings. The lowest BCUT2D eigenvalue weighted by atomic mass is 10.3. The molecular formula is C10H9ClFN3O. The number of nitrogens with zero attached hydrogens (tertiary/aromatic N) is 2. The Bertz CT molecular complexity index is 501. The molecule has 0 saturated heterocycles. The van der Waals surface area contributed by atoms with Gasteiger partial charge in [0.25, 0.3) is 0 Å². The molecule has 0 aliphatic heterocycles. The maximum absolute atomic E-state index is 12.8. The molecule has 2 N–H and O–H groups in total. The molecule has 84 valence electrons. The molecule has 0 amide bonds. The first-order valence-corrected chi connectivity index (χ1v) is 4.90. The second-order valence-corrected chi connectivity index (χ2v) is 3.54. The van der Waals surface area contributed by atoms with E-state index in [9.17, 15) is 4.39 Å². The van der Waals surface area contributed by atoms with Crippen LogP contribution in [-0.4, -0.2) is 9.78 Å². The Balaban J connectivity index is 2.02. The lowest BCUT2D eigenvalue weighted by molar-refractivity contribution is 0.221. The number of rotatable bonds is 3. The number of nitrogens with two attached hydrogens (primary N) is 1. The van der Waals surface area contributed by atoms with Crippen molar-refractivity contribution in [3.05, 3.63) is 41.3 Å². The summed E-state index contributed by atoms with van der Waals surface area (Å²) in [6.07, 6.45) is 1.68. The molecule has 0 saturated carbocycles. The molecule has 0 bridgehead atoms. The molecule has 1 aromatic heterocycles. The van der Waals surface area contributed by atoms with E-state index in [1.807, 2.05) is 0 Å². The van der Waals surface area contributed by atoms with E-state index in [2.05, 4.69) is 5.10 Å². The van der Waals surface area contributed by atoms with Crippen molar-refractivity contribution in [2.45, 2.75) is 6.73 Å². The quantitative estimate of drug-likeness (QED) is 0.897. The van der Waals surface area contributed by atoms with Crippen molar-refractivity contribution in [1.82, 2.24) is 9.78 Å². The highest BCUT2D eigenvalue weighted by molar-refractivity contribution is 6.30. The number of hydrogen-bond donors (Lipinski definition) is 1. The number of anilines is 1. The fourth-order valence-electron chi connectivity index (χ4n) is 1.16. The first kappa shape index (κ1) is 10.8. The van der Waals surface area contributed by atoms with Crippen LogP contribution in [-0.2, 0) is 6.73 Å². The van der Waals surface area contributed by atoms with Crippen LogP contribution < -0.4 is 10.5 Å². The Morgan fingerprint density at radius 2 is 2.25 bits per heavy atom. The van der Waals surface area contributed by atoms with Crippen LogP contribution in [0.25, 0.3) is 0 Å². The molecule has 2 rings (SSSR count). The molecule has 1 heterocycles. The first-order valence-electron chi connectivity index (χ1n) is 4.52. The van der Waals surface area contributed by atoms with Crippen LogP contribution in [0, 0.1) is 5.82 Å². The van der Waals surface area contributed by atoms with Crippen molar-refractivity contribution in [2.24, 2.45) is 0 Å². The number of nitrogen functional groups attached to an aromatic ring is 1. The predicted molar refractivity (Wildman–Crippen MR) is 58.7 cm³/mol. The minimum Gasteiger partial charge on any atom is -0.471 e. The van der Waals surface area contributed by atoms with Gasteiger partial charge < -0.3 is 10.5 Å². The molecule has 0 fully saturated rings.